The summed E-state index contributed by atoms with van der Waals surface area (Å²) >= 11 is 0.623. The first-order valence-electron chi connectivity index (χ1n) is 6.20. The maximum atomic E-state index is 12.5. The van der Waals surface area contributed by atoms with Crippen LogP contribution in [0.3, 0.4) is 0 Å². The van der Waals surface area contributed by atoms with E-state index in [1.165, 1.54) is 12.0 Å². The number of hydrogen-bond acceptors (Lipinski definition) is 4. The van der Waals surface area contributed by atoms with Gasteiger partial charge in [-0.05, 0) is 0 Å². The molecule has 2 unspecified atom stereocenters. The molecule has 1 saturated heterocycles. The zero-order valence-corrected chi connectivity index (χ0v) is 14.9. The number of hydrogen-bond donors (Lipinski definition) is 0. The van der Waals surface area contributed by atoms with E-state index >= 15 is 0 Å². The van der Waals surface area contributed by atoms with Gasteiger partial charge in [-0.25, -0.2) is 0 Å². The van der Waals surface area contributed by atoms with E-state index in [9.17, 15) is 14.4 Å². The summed E-state index contributed by atoms with van der Waals surface area (Å²) in [7, 11) is 1.27. The van der Waals surface area contributed by atoms with Crippen LogP contribution < -0.4 is 0 Å². The second-order valence-corrected chi connectivity index (χ2v) is 6.84. The molecule has 1 aliphatic heterocycles. The molecule has 1 amide bonds. The zero-order chi connectivity index (χ0) is 14.7. The first-order chi connectivity index (χ1) is 9.54. The minimum atomic E-state index is -0.764. The van der Waals surface area contributed by atoms with Gasteiger partial charge in [-0.3, -0.25) is 0 Å². The van der Waals surface area contributed by atoms with Crippen LogP contribution in [-0.4, -0.2) is 68.0 Å². The van der Waals surface area contributed by atoms with Crippen molar-refractivity contribution >= 4 is 43.4 Å². The Labute approximate surface area is 133 Å². The number of ketones is 1. The van der Waals surface area contributed by atoms with Crippen LogP contribution in [0.1, 0.15) is 15.5 Å². The van der Waals surface area contributed by atoms with E-state index in [0.29, 0.717) is 25.8 Å². The van der Waals surface area contributed by atoms with E-state index in [4.69, 9.17) is 0 Å². The molecular weight excluding hydrogens is 453 g/mol. The van der Waals surface area contributed by atoms with Gasteiger partial charge in [-0.1, -0.05) is 0 Å². The quantitative estimate of drug-likeness (QED) is 0.472. The fraction of sp³-hybridized carbons (Fsp3) is 0.357. The van der Waals surface area contributed by atoms with Crippen molar-refractivity contribution in [3.05, 3.63) is 35.9 Å². The minimum absolute atomic E-state index is 0.00414. The molecule has 1 aromatic rings. The number of Topliss-reactive ketones (excluding diaryl/α,β-unsaturated/α-hetero) is 1. The van der Waals surface area contributed by atoms with Crippen molar-refractivity contribution in [2.75, 3.05) is 13.7 Å². The molecule has 1 aliphatic rings. The summed E-state index contributed by atoms with van der Waals surface area (Å²) in [5.41, 5.74) is 0.923. The molecule has 5 nitrogen and oxygen atoms in total. The van der Waals surface area contributed by atoms with E-state index in [2.05, 4.69) is 4.74 Å². The number of benzene rings is 1. The molecule has 1 heterocycles. The molecular formula is C14H14NO4Pb. The summed E-state index contributed by atoms with van der Waals surface area (Å²) in [6.07, 6.45) is 0.0570. The second kappa shape index (κ2) is 6.47. The molecule has 2 atom stereocenters. The molecule has 0 N–H and O–H groups in total. The van der Waals surface area contributed by atoms with Gasteiger partial charge in [0.2, 0.25) is 0 Å². The Morgan fingerprint density at radius 3 is 2.60 bits per heavy atom. The number of rotatable bonds is 3. The van der Waals surface area contributed by atoms with E-state index in [1.54, 1.807) is 0 Å². The number of carbonyl (C=O) groups excluding carboxylic acids is 3. The van der Waals surface area contributed by atoms with Crippen LogP contribution >= 0.6 is 0 Å². The summed E-state index contributed by atoms with van der Waals surface area (Å²) in [5.74, 6) is -0.786. The van der Waals surface area contributed by atoms with E-state index in [-0.39, 0.29) is 28.1 Å². The summed E-state index contributed by atoms with van der Waals surface area (Å²) in [4.78, 5) is 37.1. The zero-order valence-electron chi connectivity index (χ0n) is 11.0. The predicted octanol–water partition coefficient (Wildman–Crippen LogP) is 0.239. The SMILES string of the molecule is COC(=O)C1CC(=O)CN1C(=O)[CH]([Pb])c1ccccc1. The van der Waals surface area contributed by atoms with Crippen LogP contribution in [0.15, 0.2) is 30.3 Å². The number of nitrogens with zero attached hydrogens (tertiary/aromatic N) is 1. The van der Waals surface area contributed by atoms with E-state index in [0.717, 1.165) is 5.56 Å². The third kappa shape index (κ3) is 3.08. The van der Waals surface area contributed by atoms with Crippen molar-refractivity contribution in [3.63, 3.8) is 0 Å². The molecule has 0 aromatic heterocycles. The summed E-state index contributed by atoms with van der Waals surface area (Å²) < 4.78 is 4.42. The molecule has 3 radical (unpaired) electrons. The van der Waals surface area contributed by atoms with Crippen molar-refractivity contribution in [2.45, 2.75) is 15.9 Å². The summed E-state index contributed by atoms with van der Waals surface area (Å²) in [6.45, 7) is 0.00414. The normalized spacial score (nSPS) is 19.8. The Balaban J connectivity index is 2.19. The Morgan fingerprint density at radius 2 is 2.00 bits per heavy atom. The van der Waals surface area contributed by atoms with Crippen molar-refractivity contribution < 1.29 is 19.1 Å². The van der Waals surface area contributed by atoms with Crippen LogP contribution in [0.2, 0.25) is 0 Å². The molecule has 0 saturated carbocycles. The number of ether oxygens (including phenoxy) is 1. The van der Waals surface area contributed by atoms with Gasteiger partial charge in [0, 0.05) is 0 Å². The fourth-order valence-electron chi connectivity index (χ4n) is 2.22. The van der Waals surface area contributed by atoms with E-state index in [1.807, 2.05) is 30.3 Å². The molecule has 2 rings (SSSR count). The Bertz CT molecular complexity index is 531. The monoisotopic (exact) mass is 468 g/mol. The number of methoxy groups -OCH3 is 1. The molecule has 1 fully saturated rings. The van der Waals surface area contributed by atoms with Gasteiger partial charge in [-0.2, -0.15) is 0 Å². The van der Waals surface area contributed by atoms with Crippen LogP contribution in [0.4, 0.5) is 0 Å². The van der Waals surface area contributed by atoms with E-state index < -0.39 is 12.0 Å². The molecule has 103 valence electrons. The molecule has 0 aliphatic carbocycles. The van der Waals surface area contributed by atoms with Gasteiger partial charge in [-0.15, -0.1) is 0 Å². The van der Waals surface area contributed by atoms with Gasteiger partial charge in [0.1, 0.15) is 0 Å². The first-order valence-corrected chi connectivity index (χ1v) is 8.45. The predicted molar refractivity (Wildman–Crippen MR) is 72.1 cm³/mol. The average molecular weight is 467 g/mol. The average Bonchev–Trinajstić information content (AvgIpc) is 2.87. The summed E-state index contributed by atoms with van der Waals surface area (Å²) in [6, 6.07) is 8.65. The van der Waals surface area contributed by atoms with Crippen molar-refractivity contribution in [2.24, 2.45) is 0 Å². The van der Waals surface area contributed by atoms with Crippen LogP contribution in [0, 0.1) is 0 Å². The van der Waals surface area contributed by atoms with Gasteiger partial charge < -0.3 is 0 Å². The Kier molecular flexibility index (Phi) is 4.90. The number of esters is 1. The number of amides is 1. The molecule has 0 spiro atoms. The van der Waals surface area contributed by atoms with Crippen molar-refractivity contribution in [1.29, 1.82) is 0 Å². The Morgan fingerprint density at radius 1 is 1.35 bits per heavy atom. The van der Waals surface area contributed by atoms with Gasteiger partial charge >= 0.3 is 133 Å². The van der Waals surface area contributed by atoms with Gasteiger partial charge in [0.15, 0.2) is 0 Å². The molecule has 20 heavy (non-hydrogen) atoms. The number of carbonyl (C=O) groups is 3. The van der Waals surface area contributed by atoms with Crippen molar-refractivity contribution in [3.8, 4) is 0 Å². The third-order valence-electron chi connectivity index (χ3n) is 3.28. The van der Waals surface area contributed by atoms with Crippen LogP contribution in [0.25, 0.3) is 0 Å². The van der Waals surface area contributed by atoms with Crippen LogP contribution in [-0.2, 0) is 19.1 Å². The molecule has 6 heteroatoms. The maximum absolute atomic E-state index is 12.5. The first kappa shape index (κ1) is 15.1. The third-order valence-corrected chi connectivity index (χ3v) is 5.54. The van der Waals surface area contributed by atoms with Gasteiger partial charge in [0.25, 0.3) is 0 Å². The van der Waals surface area contributed by atoms with Gasteiger partial charge in [0.05, 0.1) is 0 Å². The summed E-state index contributed by atoms with van der Waals surface area (Å²) in [5, 5.41) is 0. The van der Waals surface area contributed by atoms with Crippen molar-refractivity contribution in [1.82, 2.24) is 4.90 Å². The fourth-order valence-corrected chi connectivity index (χ4v) is 3.62. The Hall–Kier alpha value is -1.25. The second-order valence-electron chi connectivity index (χ2n) is 4.59. The topological polar surface area (TPSA) is 63.7 Å². The number of likely N-dealkylation sites (tertiary alicyclic amines) is 1. The standard InChI is InChI=1S/C14H14NO4.Pb/c1-19-14(18)12-8-11(16)9-15(12)13(17)7-10-5-3-2-4-6-10;/h2-7,12H,8-9H2,1H3;. The molecule has 0 bridgehead atoms. The molecule has 1 aromatic carbocycles. The van der Waals surface area contributed by atoms with Crippen LogP contribution in [0.5, 0.6) is 0 Å².